The topological polar surface area (TPSA) is 17.1 Å². The number of rotatable bonds is 0. The lowest BCUT2D eigenvalue weighted by Crippen LogP contribution is -2.07. The van der Waals surface area contributed by atoms with Crippen LogP contribution in [0.3, 0.4) is 0 Å². The molecule has 0 aromatic rings. The molecule has 0 saturated carbocycles. The molecule has 1 aliphatic rings. The van der Waals surface area contributed by atoms with Gasteiger partial charge in [0, 0.05) is 5.92 Å². The van der Waals surface area contributed by atoms with Gasteiger partial charge in [0.1, 0.15) is 0 Å². The Balaban J connectivity index is 2.86. The normalized spacial score (nSPS) is 27.2. The van der Waals surface area contributed by atoms with E-state index in [-0.39, 0.29) is 17.1 Å². The molecule has 1 rings (SSSR count). The lowest BCUT2D eigenvalue weighted by atomic mass is 9.90. The first-order chi connectivity index (χ1) is 5.40. The summed E-state index contributed by atoms with van der Waals surface area (Å²) in [6.07, 6.45) is 5.76. The number of carbonyl (C=O) groups is 1. The van der Waals surface area contributed by atoms with E-state index in [1.165, 1.54) is 0 Å². The zero-order valence-electron chi connectivity index (χ0n) is 8.22. The fourth-order valence-corrected chi connectivity index (χ4v) is 1.30. The van der Waals surface area contributed by atoms with Crippen molar-refractivity contribution in [2.75, 3.05) is 0 Å². The highest BCUT2D eigenvalue weighted by Crippen LogP contribution is 2.26. The van der Waals surface area contributed by atoms with Crippen molar-refractivity contribution in [1.82, 2.24) is 0 Å². The summed E-state index contributed by atoms with van der Waals surface area (Å²) in [6.45, 7) is 8.38. The van der Waals surface area contributed by atoms with Gasteiger partial charge >= 0.3 is 0 Å². The van der Waals surface area contributed by atoms with Gasteiger partial charge in [-0.1, -0.05) is 39.8 Å². The van der Waals surface area contributed by atoms with Gasteiger partial charge in [0.25, 0.3) is 0 Å². The van der Waals surface area contributed by atoms with Gasteiger partial charge in [0.2, 0.25) is 0 Å². The predicted molar refractivity (Wildman–Crippen MR) is 50.8 cm³/mol. The first-order valence-corrected chi connectivity index (χ1v) is 4.35. The number of carbonyl (C=O) groups excluding carboxylic acids is 1. The third kappa shape index (κ3) is 2.07. The number of allylic oxidation sites excluding steroid dienone is 4. The molecule has 1 heteroatoms. The summed E-state index contributed by atoms with van der Waals surface area (Å²) in [7, 11) is 0. The molecule has 1 atom stereocenters. The molecule has 1 nitrogen and oxygen atoms in total. The fourth-order valence-electron chi connectivity index (χ4n) is 1.30. The zero-order valence-corrected chi connectivity index (χ0v) is 8.22. The van der Waals surface area contributed by atoms with Crippen LogP contribution in [0.2, 0.25) is 0 Å². The van der Waals surface area contributed by atoms with E-state index in [1.807, 2.05) is 13.0 Å². The average Bonchev–Trinajstić information content (AvgIpc) is 2.16. The molecule has 0 aliphatic heterocycles. The highest BCUT2D eigenvalue weighted by atomic mass is 16.1. The molecule has 0 heterocycles. The summed E-state index contributed by atoms with van der Waals surface area (Å²) in [6, 6.07) is 0. The Morgan fingerprint density at radius 1 is 1.33 bits per heavy atom. The second-order valence-corrected chi connectivity index (χ2v) is 4.47. The van der Waals surface area contributed by atoms with Crippen molar-refractivity contribution in [3.05, 3.63) is 23.8 Å². The third-order valence-corrected chi connectivity index (χ3v) is 1.97. The van der Waals surface area contributed by atoms with Crippen LogP contribution in [-0.4, -0.2) is 5.78 Å². The van der Waals surface area contributed by atoms with Crippen LogP contribution in [0.1, 0.15) is 27.7 Å². The minimum atomic E-state index is 0.0734. The molecule has 0 bridgehead atoms. The van der Waals surface area contributed by atoms with Gasteiger partial charge in [-0.3, -0.25) is 4.79 Å². The summed E-state index contributed by atoms with van der Waals surface area (Å²) in [4.78, 5) is 11.1. The van der Waals surface area contributed by atoms with Crippen molar-refractivity contribution in [3.63, 3.8) is 0 Å². The van der Waals surface area contributed by atoms with Gasteiger partial charge < -0.3 is 0 Å². The molecule has 0 radical (unpaired) electrons. The molecule has 0 N–H and O–H groups in total. The van der Waals surface area contributed by atoms with E-state index in [0.717, 1.165) is 5.57 Å². The minimum absolute atomic E-state index is 0.0734. The second-order valence-electron chi connectivity index (χ2n) is 4.47. The molecule has 66 valence electrons. The predicted octanol–water partition coefficient (Wildman–Crippen LogP) is 2.73. The lowest BCUT2D eigenvalue weighted by Gasteiger charge is -2.14. The third-order valence-electron chi connectivity index (χ3n) is 1.97. The molecule has 0 aromatic carbocycles. The van der Waals surface area contributed by atoms with E-state index in [0.29, 0.717) is 0 Å². The van der Waals surface area contributed by atoms with Crippen LogP contribution < -0.4 is 0 Å². The number of ketones is 1. The Morgan fingerprint density at radius 2 is 1.92 bits per heavy atom. The van der Waals surface area contributed by atoms with E-state index < -0.39 is 0 Å². The van der Waals surface area contributed by atoms with Crippen molar-refractivity contribution < 1.29 is 4.79 Å². The van der Waals surface area contributed by atoms with Gasteiger partial charge in [0.05, 0.1) is 0 Å². The van der Waals surface area contributed by atoms with Crippen molar-refractivity contribution in [2.45, 2.75) is 27.7 Å². The molecule has 0 saturated heterocycles. The first kappa shape index (κ1) is 9.24. The largest absolute Gasteiger partial charge is 0.294 e. The van der Waals surface area contributed by atoms with E-state index in [1.54, 1.807) is 6.08 Å². The van der Waals surface area contributed by atoms with Crippen LogP contribution in [0.5, 0.6) is 0 Å². The maximum Gasteiger partial charge on any atom is 0.162 e. The monoisotopic (exact) mass is 164 g/mol. The zero-order chi connectivity index (χ0) is 9.35. The van der Waals surface area contributed by atoms with E-state index >= 15 is 0 Å². The Kier molecular flexibility index (Phi) is 2.22. The van der Waals surface area contributed by atoms with Crippen molar-refractivity contribution >= 4 is 5.78 Å². The summed E-state index contributed by atoms with van der Waals surface area (Å²) >= 11 is 0. The van der Waals surface area contributed by atoms with Gasteiger partial charge in [-0.25, -0.2) is 0 Å². The van der Waals surface area contributed by atoms with E-state index in [2.05, 4.69) is 26.8 Å². The van der Waals surface area contributed by atoms with Crippen LogP contribution in [-0.2, 0) is 4.79 Å². The SMILES string of the molecule is CC1C(=O)C=CC1=CC(C)(C)C. The Bertz CT molecular complexity index is 251. The first-order valence-electron chi connectivity index (χ1n) is 4.35. The minimum Gasteiger partial charge on any atom is -0.294 e. The summed E-state index contributed by atoms with van der Waals surface area (Å²) in [5.74, 6) is 0.301. The van der Waals surface area contributed by atoms with Crippen LogP contribution in [0.15, 0.2) is 23.8 Å². The van der Waals surface area contributed by atoms with Crippen LogP contribution in [0.4, 0.5) is 0 Å². The van der Waals surface area contributed by atoms with Crippen LogP contribution >= 0.6 is 0 Å². The molecule has 0 spiro atoms. The number of hydrogen-bond acceptors (Lipinski definition) is 1. The molecule has 0 fully saturated rings. The smallest absolute Gasteiger partial charge is 0.162 e. The van der Waals surface area contributed by atoms with Gasteiger partial charge in [-0.05, 0) is 17.1 Å². The molecule has 12 heavy (non-hydrogen) atoms. The molecular weight excluding hydrogens is 148 g/mol. The van der Waals surface area contributed by atoms with Crippen LogP contribution in [0, 0.1) is 11.3 Å². The van der Waals surface area contributed by atoms with Crippen molar-refractivity contribution in [2.24, 2.45) is 11.3 Å². The van der Waals surface area contributed by atoms with Crippen molar-refractivity contribution in [1.29, 1.82) is 0 Å². The molecule has 1 aliphatic carbocycles. The average molecular weight is 164 g/mol. The standard InChI is InChI=1S/C11H16O/c1-8-9(5-6-10(8)12)7-11(2,3)4/h5-8H,1-4H3. The summed E-state index contributed by atoms with van der Waals surface area (Å²) in [5, 5.41) is 0. The van der Waals surface area contributed by atoms with E-state index in [4.69, 9.17) is 0 Å². The second kappa shape index (κ2) is 2.89. The Hall–Kier alpha value is -0.850. The molecule has 0 aromatic heterocycles. The Morgan fingerprint density at radius 3 is 2.25 bits per heavy atom. The Labute approximate surface area is 74.2 Å². The molecule has 0 amide bonds. The summed E-state index contributed by atoms with van der Waals surface area (Å²) in [5.41, 5.74) is 1.32. The van der Waals surface area contributed by atoms with Crippen molar-refractivity contribution in [3.8, 4) is 0 Å². The van der Waals surface area contributed by atoms with E-state index in [9.17, 15) is 4.79 Å². The fraction of sp³-hybridized carbons (Fsp3) is 0.545. The molecular formula is C11H16O. The quantitative estimate of drug-likeness (QED) is 0.538. The maximum atomic E-state index is 11.1. The van der Waals surface area contributed by atoms with Gasteiger partial charge in [0.15, 0.2) is 5.78 Å². The van der Waals surface area contributed by atoms with Crippen LogP contribution in [0.25, 0.3) is 0 Å². The highest BCUT2D eigenvalue weighted by molar-refractivity contribution is 5.97. The maximum absolute atomic E-state index is 11.1. The molecule has 1 unspecified atom stereocenters. The lowest BCUT2D eigenvalue weighted by molar-refractivity contribution is -0.116. The number of hydrogen-bond donors (Lipinski definition) is 0. The summed E-state index contributed by atoms with van der Waals surface area (Å²) < 4.78 is 0. The van der Waals surface area contributed by atoms with Gasteiger partial charge in [-0.15, -0.1) is 0 Å². The van der Waals surface area contributed by atoms with Gasteiger partial charge in [-0.2, -0.15) is 0 Å². The highest BCUT2D eigenvalue weighted by Gasteiger charge is 2.21.